The molecule has 0 bridgehead atoms. The zero-order valence-electron chi connectivity index (χ0n) is 14.2. The Morgan fingerprint density at radius 1 is 1.44 bits per heavy atom. The van der Waals surface area contributed by atoms with Crippen LogP contribution in [0.2, 0.25) is 0 Å². The van der Waals surface area contributed by atoms with Gasteiger partial charge in [0.2, 0.25) is 5.76 Å². The number of oxazole rings is 1. The molecule has 1 aliphatic heterocycles. The number of imidazole rings is 1. The molecule has 0 saturated carbocycles. The molecule has 130 valence electrons. The number of hydrogen-bond donors (Lipinski definition) is 1. The van der Waals surface area contributed by atoms with Crippen LogP contribution in [0.4, 0.5) is 4.39 Å². The van der Waals surface area contributed by atoms with E-state index in [4.69, 9.17) is 4.42 Å². The van der Waals surface area contributed by atoms with Crippen molar-refractivity contribution in [1.82, 2.24) is 19.9 Å². The summed E-state index contributed by atoms with van der Waals surface area (Å²) in [6, 6.07) is 4.27. The number of aromatic amines is 1. The number of fused-ring (bicyclic) bond motifs is 1. The number of carbonyl (C=O) groups is 1. The molecule has 4 rings (SSSR count). The Labute approximate surface area is 144 Å². The van der Waals surface area contributed by atoms with E-state index in [-0.39, 0.29) is 17.8 Å². The van der Waals surface area contributed by atoms with Crippen LogP contribution in [0.1, 0.15) is 53.8 Å². The van der Waals surface area contributed by atoms with E-state index < -0.39 is 0 Å². The van der Waals surface area contributed by atoms with E-state index in [1.807, 2.05) is 6.92 Å². The van der Waals surface area contributed by atoms with Gasteiger partial charge in [-0.3, -0.25) is 4.79 Å². The predicted octanol–water partition coefficient (Wildman–Crippen LogP) is 3.54. The van der Waals surface area contributed by atoms with Gasteiger partial charge >= 0.3 is 0 Å². The average molecular weight is 342 g/mol. The van der Waals surface area contributed by atoms with Gasteiger partial charge in [0.25, 0.3) is 5.91 Å². The molecule has 0 spiro atoms. The molecule has 7 heteroatoms. The average Bonchev–Trinajstić information content (AvgIpc) is 3.30. The van der Waals surface area contributed by atoms with Gasteiger partial charge in [0.1, 0.15) is 11.6 Å². The van der Waals surface area contributed by atoms with E-state index in [9.17, 15) is 9.18 Å². The minimum absolute atomic E-state index is 0.168. The molecule has 3 aromatic rings. The number of amides is 1. The molecule has 1 aromatic carbocycles. The quantitative estimate of drug-likeness (QED) is 0.790. The minimum atomic E-state index is -0.313. The summed E-state index contributed by atoms with van der Waals surface area (Å²) in [6.07, 6.45) is 2.34. The van der Waals surface area contributed by atoms with E-state index in [1.165, 1.54) is 12.1 Å². The van der Waals surface area contributed by atoms with Crippen molar-refractivity contribution in [2.24, 2.45) is 0 Å². The van der Waals surface area contributed by atoms with Gasteiger partial charge in [-0.25, -0.2) is 14.4 Å². The van der Waals surface area contributed by atoms with E-state index in [2.05, 4.69) is 15.0 Å². The zero-order valence-corrected chi connectivity index (χ0v) is 14.2. The van der Waals surface area contributed by atoms with Crippen LogP contribution in [0, 0.1) is 12.7 Å². The van der Waals surface area contributed by atoms with Crippen molar-refractivity contribution >= 4 is 16.9 Å². The van der Waals surface area contributed by atoms with Gasteiger partial charge in [0, 0.05) is 13.0 Å². The van der Waals surface area contributed by atoms with E-state index in [0.29, 0.717) is 47.2 Å². The maximum atomic E-state index is 13.4. The summed E-state index contributed by atoms with van der Waals surface area (Å²) in [6.45, 7) is 4.35. The van der Waals surface area contributed by atoms with Crippen LogP contribution < -0.4 is 0 Å². The van der Waals surface area contributed by atoms with Crippen molar-refractivity contribution in [2.45, 2.75) is 39.2 Å². The number of aromatic nitrogens is 3. The highest BCUT2D eigenvalue weighted by Crippen LogP contribution is 2.33. The molecular weight excluding hydrogens is 323 g/mol. The molecule has 1 saturated heterocycles. The van der Waals surface area contributed by atoms with Gasteiger partial charge in [0.15, 0.2) is 5.89 Å². The van der Waals surface area contributed by atoms with Gasteiger partial charge in [-0.05, 0) is 38.0 Å². The normalized spacial score (nSPS) is 17.6. The Balaban J connectivity index is 1.67. The van der Waals surface area contributed by atoms with Crippen LogP contribution in [-0.2, 0) is 6.42 Å². The standard InChI is InChI=1S/C18H19FN4O2/c1-3-15-20-10(2)16(25-15)18(24)23-8-4-5-14(23)17-21-12-7-6-11(19)9-13(12)22-17/h6-7,9,14H,3-5,8H2,1-2H3,(H,21,22)/t14-/m1/s1. The molecule has 1 aliphatic rings. The first kappa shape index (κ1) is 15.8. The summed E-state index contributed by atoms with van der Waals surface area (Å²) in [4.78, 5) is 26.7. The molecule has 1 amide bonds. The van der Waals surface area contributed by atoms with Crippen LogP contribution in [0.5, 0.6) is 0 Å². The number of aryl methyl sites for hydroxylation is 2. The first-order valence-electron chi connectivity index (χ1n) is 8.49. The third-order valence-electron chi connectivity index (χ3n) is 4.63. The Morgan fingerprint density at radius 3 is 3.04 bits per heavy atom. The fraction of sp³-hybridized carbons (Fsp3) is 0.389. The molecule has 25 heavy (non-hydrogen) atoms. The molecule has 1 atom stereocenters. The van der Waals surface area contributed by atoms with Crippen LogP contribution >= 0.6 is 0 Å². The molecule has 6 nitrogen and oxygen atoms in total. The van der Waals surface area contributed by atoms with Crippen LogP contribution in [-0.4, -0.2) is 32.3 Å². The van der Waals surface area contributed by atoms with E-state index in [0.717, 1.165) is 12.8 Å². The summed E-state index contributed by atoms with van der Waals surface area (Å²) >= 11 is 0. The molecule has 1 N–H and O–H groups in total. The monoisotopic (exact) mass is 342 g/mol. The number of likely N-dealkylation sites (tertiary alicyclic amines) is 1. The second-order valence-corrected chi connectivity index (χ2v) is 6.32. The first-order chi connectivity index (χ1) is 12.1. The van der Waals surface area contributed by atoms with Crippen LogP contribution in [0.25, 0.3) is 11.0 Å². The van der Waals surface area contributed by atoms with Crippen molar-refractivity contribution < 1.29 is 13.6 Å². The molecule has 1 fully saturated rings. The number of nitrogens with zero attached hydrogens (tertiary/aromatic N) is 3. The smallest absolute Gasteiger partial charge is 0.292 e. The van der Waals surface area contributed by atoms with Gasteiger partial charge < -0.3 is 14.3 Å². The molecular formula is C18H19FN4O2. The second-order valence-electron chi connectivity index (χ2n) is 6.32. The number of nitrogens with one attached hydrogen (secondary N) is 1. The van der Waals surface area contributed by atoms with Crippen LogP contribution in [0.3, 0.4) is 0 Å². The maximum absolute atomic E-state index is 13.4. The lowest BCUT2D eigenvalue weighted by atomic mass is 10.2. The lowest BCUT2D eigenvalue weighted by molar-refractivity contribution is 0.0695. The molecule has 2 aromatic heterocycles. The van der Waals surface area contributed by atoms with Crippen molar-refractivity contribution in [1.29, 1.82) is 0 Å². The van der Waals surface area contributed by atoms with Crippen molar-refractivity contribution in [3.8, 4) is 0 Å². The number of hydrogen-bond acceptors (Lipinski definition) is 4. The lowest BCUT2D eigenvalue weighted by Crippen LogP contribution is -2.31. The van der Waals surface area contributed by atoms with E-state index >= 15 is 0 Å². The summed E-state index contributed by atoms with van der Waals surface area (Å²) in [5.41, 5.74) is 1.94. The lowest BCUT2D eigenvalue weighted by Gasteiger charge is -2.22. The van der Waals surface area contributed by atoms with Crippen LogP contribution in [0.15, 0.2) is 22.6 Å². The highest BCUT2D eigenvalue weighted by atomic mass is 19.1. The fourth-order valence-electron chi connectivity index (χ4n) is 3.39. The number of rotatable bonds is 3. The van der Waals surface area contributed by atoms with Gasteiger partial charge in [-0.2, -0.15) is 0 Å². The topological polar surface area (TPSA) is 75.0 Å². The first-order valence-corrected chi connectivity index (χ1v) is 8.49. The summed E-state index contributed by atoms with van der Waals surface area (Å²) < 4.78 is 19.0. The maximum Gasteiger partial charge on any atom is 0.292 e. The largest absolute Gasteiger partial charge is 0.435 e. The van der Waals surface area contributed by atoms with Crippen molar-refractivity contribution in [3.05, 3.63) is 47.2 Å². The van der Waals surface area contributed by atoms with E-state index in [1.54, 1.807) is 17.9 Å². The Hall–Kier alpha value is -2.70. The number of carbonyl (C=O) groups excluding carboxylic acids is 1. The Bertz CT molecular complexity index is 946. The second kappa shape index (κ2) is 5.98. The summed E-state index contributed by atoms with van der Waals surface area (Å²) in [5.74, 6) is 1.06. The van der Waals surface area contributed by atoms with Gasteiger partial charge in [-0.15, -0.1) is 0 Å². The highest BCUT2D eigenvalue weighted by molar-refractivity contribution is 5.93. The third-order valence-corrected chi connectivity index (χ3v) is 4.63. The minimum Gasteiger partial charge on any atom is -0.435 e. The Morgan fingerprint density at radius 2 is 2.28 bits per heavy atom. The van der Waals surface area contributed by atoms with Crippen molar-refractivity contribution in [3.63, 3.8) is 0 Å². The molecule has 0 radical (unpaired) electrons. The SMILES string of the molecule is CCc1nc(C)c(C(=O)N2CCC[C@@H]2c2nc3ccc(F)cc3[nH]2)o1. The highest BCUT2D eigenvalue weighted by Gasteiger charge is 2.35. The third kappa shape index (κ3) is 2.69. The number of H-pyrrole nitrogens is 1. The van der Waals surface area contributed by atoms with Gasteiger partial charge in [0.05, 0.1) is 22.8 Å². The molecule has 3 heterocycles. The number of benzene rings is 1. The Kier molecular flexibility index (Phi) is 3.78. The predicted molar refractivity (Wildman–Crippen MR) is 89.7 cm³/mol. The van der Waals surface area contributed by atoms with Gasteiger partial charge in [-0.1, -0.05) is 6.92 Å². The molecule has 0 aliphatic carbocycles. The summed E-state index contributed by atoms with van der Waals surface area (Å²) in [7, 11) is 0. The number of halogens is 1. The fourth-order valence-corrected chi connectivity index (χ4v) is 3.39. The molecule has 0 unspecified atom stereocenters. The van der Waals surface area contributed by atoms with Crippen molar-refractivity contribution in [2.75, 3.05) is 6.54 Å². The zero-order chi connectivity index (χ0) is 17.6. The summed E-state index contributed by atoms with van der Waals surface area (Å²) in [5, 5.41) is 0.